The maximum absolute atomic E-state index is 6.40. The number of furan rings is 1. The van der Waals surface area contributed by atoms with Crippen molar-refractivity contribution in [2.75, 3.05) is 4.90 Å². The van der Waals surface area contributed by atoms with Gasteiger partial charge in [-0.15, -0.1) is 0 Å². The number of fused-ring (bicyclic) bond motifs is 14. The molecule has 2 aromatic heterocycles. The van der Waals surface area contributed by atoms with Crippen LogP contribution in [0.3, 0.4) is 0 Å². The monoisotopic (exact) mass is 820 g/mol. The molecular weight excluding hydrogens is 785 g/mol. The second kappa shape index (κ2) is 13.1. The second-order valence-electron chi connectivity index (χ2n) is 16.7. The number of aromatic nitrogens is 1. The van der Waals surface area contributed by atoms with Gasteiger partial charge in [0.1, 0.15) is 11.2 Å². The highest BCUT2D eigenvalue weighted by atomic mass is 32.2. The highest BCUT2D eigenvalue weighted by Crippen LogP contribution is 2.62. The molecule has 1 spiro atoms. The van der Waals surface area contributed by atoms with Crippen LogP contribution < -0.4 is 4.90 Å². The van der Waals surface area contributed by atoms with E-state index in [-0.39, 0.29) is 0 Å². The molecule has 2 aliphatic rings. The van der Waals surface area contributed by atoms with Crippen LogP contribution in [0.25, 0.3) is 71.3 Å². The third-order valence-corrected chi connectivity index (χ3v) is 14.8. The van der Waals surface area contributed by atoms with Crippen molar-refractivity contribution >= 4 is 83.3 Å². The fourth-order valence-electron chi connectivity index (χ4n) is 11.2. The molecule has 0 unspecified atom stereocenters. The molecule has 0 saturated heterocycles. The maximum Gasteiger partial charge on any atom is 0.137 e. The minimum Gasteiger partial charge on any atom is -0.456 e. The van der Waals surface area contributed by atoms with Gasteiger partial charge in [0, 0.05) is 42.7 Å². The summed E-state index contributed by atoms with van der Waals surface area (Å²) >= 11 is 1.89. The van der Waals surface area contributed by atoms with Crippen molar-refractivity contribution in [2.45, 2.75) is 15.2 Å². The van der Waals surface area contributed by atoms with E-state index in [1.807, 2.05) is 17.8 Å². The fourth-order valence-corrected chi connectivity index (χ4v) is 12.4. The van der Waals surface area contributed by atoms with E-state index in [9.17, 15) is 0 Å². The molecule has 0 N–H and O–H groups in total. The van der Waals surface area contributed by atoms with Crippen LogP contribution in [0.4, 0.5) is 17.1 Å². The van der Waals surface area contributed by atoms with Crippen molar-refractivity contribution in [2.24, 2.45) is 0 Å². The molecule has 3 nitrogen and oxygen atoms in total. The van der Waals surface area contributed by atoms with Crippen LogP contribution in [0, 0.1) is 0 Å². The Kier molecular flexibility index (Phi) is 7.26. The lowest BCUT2D eigenvalue weighted by Crippen LogP contribution is -2.36. The molecular formula is C59H36N2OS. The summed E-state index contributed by atoms with van der Waals surface area (Å²) in [6.07, 6.45) is 0. The number of nitrogens with zero attached hydrogens (tertiary/aromatic N) is 2. The largest absolute Gasteiger partial charge is 0.456 e. The molecule has 0 saturated carbocycles. The Morgan fingerprint density at radius 2 is 1.03 bits per heavy atom. The molecule has 1 aliphatic carbocycles. The molecule has 63 heavy (non-hydrogen) atoms. The van der Waals surface area contributed by atoms with Gasteiger partial charge in [-0.25, -0.2) is 0 Å². The van der Waals surface area contributed by atoms with E-state index >= 15 is 0 Å². The van der Waals surface area contributed by atoms with Gasteiger partial charge >= 0.3 is 0 Å². The van der Waals surface area contributed by atoms with Gasteiger partial charge in [0.25, 0.3) is 0 Å². The van der Waals surface area contributed by atoms with Crippen LogP contribution in [-0.2, 0) is 5.41 Å². The zero-order valence-electron chi connectivity index (χ0n) is 34.0. The number of benzene rings is 10. The lowest BCUT2D eigenvalue weighted by Gasteiger charge is -2.46. The Hall–Kier alpha value is -7.79. The molecule has 4 heteroatoms. The number of anilines is 3. The number of hydrogen-bond donors (Lipinski definition) is 0. The highest BCUT2D eigenvalue weighted by Gasteiger charge is 2.48. The van der Waals surface area contributed by atoms with Crippen molar-refractivity contribution < 1.29 is 4.42 Å². The Morgan fingerprint density at radius 1 is 0.397 bits per heavy atom. The smallest absolute Gasteiger partial charge is 0.137 e. The highest BCUT2D eigenvalue weighted by molar-refractivity contribution is 7.99. The lowest BCUT2D eigenvalue weighted by atomic mass is 9.59. The molecule has 10 aromatic carbocycles. The van der Waals surface area contributed by atoms with Gasteiger partial charge in [0.2, 0.25) is 0 Å². The average molecular weight is 821 g/mol. The van der Waals surface area contributed by atoms with Crippen molar-refractivity contribution in [3.05, 3.63) is 241 Å². The average Bonchev–Trinajstić information content (AvgIpc) is 3.89. The van der Waals surface area contributed by atoms with E-state index in [2.05, 4.69) is 222 Å². The molecule has 1 aliphatic heterocycles. The van der Waals surface area contributed by atoms with Crippen LogP contribution in [0.15, 0.2) is 233 Å². The quantitative estimate of drug-likeness (QED) is 0.176. The summed E-state index contributed by atoms with van der Waals surface area (Å²) < 4.78 is 8.82. The van der Waals surface area contributed by atoms with Gasteiger partial charge in [-0.05, 0) is 112 Å². The summed E-state index contributed by atoms with van der Waals surface area (Å²) in [7, 11) is 0. The topological polar surface area (TPSA) is 21.3 Å². The number of rotatable bonds is 4. The summed E-state index contributed by atoms with van der Waals surface area (Å²) in [4.78, 5) is 5.07. The van der Waals surface area contributed by atoms with E-state index < -0.39 is 5.41 Å². The van der Waals surface area contributed by atoms with Crippen LogP contribution in [0.5, 0.6) is 0 Å². The third-order valence-electron chi connectivity index (χ3n) is 13.6. The Bertz CT molecular complexity index is 3810. The SMILES string of the molecule is c1ccc(N(c2ccc3c(c2)c2ccccc2n3-c2cccc3oc4ccccc4c23)c2ccc3c4c(cccc24)C2(c4ccccc4Sc4ccccc42)c2ccccc2-3)cc1. The van der Waals surface area contributed by atoms with Gasteiger partial charge in [0.05, 0.1) is 33.2 Å². The van der Waals surface area contributed by atoms with Gasteiger partial charge in [-0.2, -0.15) is 0 Å². The van der Waals surface area contributed by atoms with Crippen molar-refractivity contribution in [1.82, 2.24) is 4.57 Å². The van der Waals surface area contributed by atoms with Crippen LogP contribution in [0.2, 0.25) is 0 Å². The van der Waals surface area contributed by atoms with E-state index in [1.165, 1.54) is 64.7 Å². The minimum absolute atomic E-state index is 0.498. The van der Waals surface area contributed by atoms with Crippen LogP contribution in [0.1, 0.15) is 22.3 Å². The molecule has 0 amide bonds. The Balaban J connectivity index is 1.05. The Labute approximate surface area is 368 Å². The molecule has 0 atom stereocenters. The van der Waals surface area contributed by atoms with E-state index in [0.29, 0.717) is 0 Å². The van der Waals surface area contributed by atoms with Crippen LogP contribution in [-0.4, -0.2) is 4.57 Å². The Morgan fingerprint density at radius 3 is 1.87 bits per heavy atom. The first-order valence-electron chi connectivity index (χ1n) is 21.6. The first-order valence-corrected chi connectivity index (χ1v) is 22.4. The second-order valence-corrected chi connectivity index (χ2v) is 17.8. The standard InChI is InChI=1S/C59H36N2OS/c1-2-16-37(17-3-1)60(38-32-34-51-44(36-38)40-19-5-10-26-49(40)61(51)52-27-15-29-54-58(52)43-20-6-11-28-53(43)62-54)50-35-33-41-39-18-4-7-22-45(39)59(48-25-14-21-42(50)57(41)48)46-23-8-12-30-55(46)63-56-31-13-9-24-47(56)59/h1-36H. The van der Waals surface area contributed by atoms with Crippen molar-refractivity contribution in [3.8, 4) is 16.8 Å². The molecule has 0 radical (unpaired) electrons. The minimum atomic E-state index is -0.498. The van der Waals surface area contributed by atoms with Gasteiger partial charge in [0.15, 0.2) is 0 Å². The molecule has 14 rings (SSSR count). The van der Waals surface area contributed by atoms with E-state index in [1.54, 1.807) is 0 Å². The summed E-state index contributed by atoms with van der Waals surface area (Å²) in [5, 5.41) is 7.15. The predicted octanol–water partition coefficient (Wildman–Crippen LogP) is 16.1. The van der Waals surface area contributed by atoms with Crippen LogP contribution >= 0.6 is 11.8 Å². The van der Waals surface area contributed by atoms with Crippen molar-refractivity contribution in [3.63, 3.8) is 0 Å². The van der Waals surface area contributed by atoms with Crippen molar-refractivity contribution in [1.29, 1.82) is 0 Å². The molecule has 12 aromatic rings. The summed E-state index contributed by atoms with van der Waals surface area (Å²) in [5.74, 6) is 0. The van der Waals surface area contributed by atoms with Gasteiger partial charge in [-0.3, -0.25) is 0 Å². The maximum atomic E-state index is 6.40. The van der Waals surface area contributed by atoms with E-state index in [0.717, 1.165) is 55.7 Å². The first-order chi connectivity index (χ1) is 31.3. The van der Waals surface area contributed by atoms with E-state index in [4.69, 9.17) is 4.42 Å². The lowest BCUT2D eigenvalue weighted by molar-refractivity contribution is 0.669. The molecule has 3 heterocycles. The number of hydrogen-bond acceptors (Lipinski definition) is 3. The summed E-state index contributed by atoms with van der Waals surface area (Å²) in [5.41, 5.74) is 15.9. The molecule has 0 fully saturated rings. The fraction of sp³-hybridized carbons (Fsp3) is 0.0169. The summed E-state index contributed by atoms with van der Waals surface area (Å²) in [6.45, 7) is 0. The zero-order valence-corrected chi connectivity index (χ0v) is 34.8. The molecule has 0 bridgehead atoms. The predicted molar refractivity (Wildman–Crippen MR) is 262 cm³/mol. The first kappa shape index (κ1) is 34.9. The number of para-hydroxylation sites is 3. The molecule has 294 valence electrons. The normalized spacial score (nSPS) is 13.5. The summed E-state index contributed by atoms with van der Waals surface area (Å²) in [6, 6.07) is 80.4. The third kappa shape index (κ3) is 4.71. The van der Waals surface area contributed by atoms with Gasteiger partial charge < -0.3 is 13.9 Å². The zero-order chi connectivity index (χ0) is 41.2. The van der Waals surface area contributed by atoms with Gasteiger partial charge in [-0.1, -0.05) is 157 Å².